The van der Waals surface area contributed by atoms with E-state index in [0.717, 1.165) is 19.0 Å². The van der Waals surface area contributed by atoms with Crippen LogP contribution in [0.15, 0.2) is 4.99 Å². The topological polar surface area (TPSA) is 24.4 Å². The Kier molecular flexibility index (Phi) is 8.01. The average molecular weight is 299 g/mol. The van der Waals surface area contributed by atoms with Crippen molar-refractivity contribution in [2.75, 3.05) is 13.1 Å². The van der Waals surface area contributed by atoms with Gasteiger partial charge < -0.3 is 5.32 Å². The lowest BCUT2D eigenvalue weighted by molar-refractivity contribution is 0.375. The summed E-state index contributed by atoms with van der Waals surface area (Å²) in [5.74, 6) is 0.858. The van der Waals surface area contributed by atoms with E-state index in [1.807, 2.05) is 11.8 Å². The van der Waals surface area contributed by atoms with E-state index in [1.165, 1.54) is 43.7 Å². The van der Waals surface area contributed by atoms with Crippen LogP contribution in [0.3, 0.4) is 0 Å². The predicted octanol–water partition coefficient (Wildman–Crippen LogP) is 5.09. The van der Waals surface area contributed by atoms with Gasteiger partial charge in [-0.05, 0) is 24.2 Å². The Morgan fingerprint density at radius 2 is 1.90 bits per heavy atom. The summed E-state index contributed by atoms with van der Waals surface area (Å²) in [5.41, 5.74) is 0.416. The maximum atomic E-state index is 4.63. The molecule has 0 fully saturated rings. The lowest BCUT2D eigenvalue weighted by Crippen LogP contribution is -2.21. The average Bonchev–Trinajstić information content (AvgIpc) is 2.72. The normalized spacial score (nSPS) is 19.5. The van der Waals surface area contributed by atoms with Crippen LogP contribution >= 0.6 is 11.8 Å². The minimum atomic E-state index is 0.416. The second kappa shape index (κ2) is 8.96. The minimum Gasteiger partial charge on any atom is -0.365 e. The summed E-state index contributed by atoms with van der Waals surface area (Å²) < 4.78 is 0. The number of nitrogens with one attached hydrogen (secondary N) is 1. The highest BCUT2D eigenvalue weighted by Crippen LogP contribution is 2.31. The van der Waals surface area contributed by atoms with Gasteiger partial charge in [0.15, 0.2) is 5.17 Å². The first-order valence-electron chi connectivity index (χ1n) is 8.32. The van der Waals surface area contributed by atoms with E-state index in [2.05, 4.69) is 44.9 Å². The van der Waals surface area contributed by atoms with E-state index >= 15 is 0 Å². The molecular formula is C17H34N2S. The zero-order valence-corrected chi connectivity index (χ0v) is 15.0. The quantitative estimate of drug-likeness (QED) is 0.631. The molecule has 20 heavy (non-hydrogen) atoms. The number of rotatable bonds is 8. The van der Waals surface area contributed by atoms with Gasteiger partial charge in [-0.1, -0.05) is 72.1 Å². The molecule has 1 aliphatic rings. The molecule has 0 radical (unpaired) electrons. The van der Waals surface area contributed by atoms with Crippen molar-refractivity contribution < 1.29 is 0 Å². The third kappa shape index (κ3) is 8.89. The number of hydrogen-bond donors (Lipinski definition) is 1. The zero-order chi connectivity index (χ0) is 15.0. The molecule has 1 heterocycles. The van der Waals surface area contributed by atoms with E-state index in [4.69, 9.17) is 0 Å². The maximum absolute atomic E-state index is 4.63. The summed E-state index contributed by atoms with van der Waals surface area (Å²) in [6, 6.07) is 0. The summed E-state index contributed by atoms with van der Waals surface area (Å²) in [6.07, 6.45) is 8.03. The van der Waals surface area contributed by atoms with Gasteiger partial charge in [-0.2, -0.15) is 0 Å². The summed E-state index contributed by atoms with van der Waals surface area (Å²) >= 11 is 1.95. The molecule has 0 amide bonds. The van der Waals surface area contributed by atoms with Gasteiger partial charge in [-0.25, -0.2) is 0 Å². The first-order chi connectivity index (χ1) is 9.37. The SMILES string of the molecule is CC(C)CCCCCCNC1=NCC(CC(C)(C)C)S1. The van der Waals surface area contributed by atoms with E-state index in [0.29, 0.717) is 10.7 Å². The number of hydrogen-bond acceptors (Lipinski definition) is 3. The van der Waals surface area contributed by atoms with Crippen molar-refractivity contribution in [2.45, 2.75) is 78.4 Å². The number of nitrogens with zero attached hydrogens (tertiary/aromatic N) is 1. The fourth-order valence-corrected chi connectivity index (χ4v) is 3.91. The second-order valence-electron chi connectivity index (χ2n) is 7.67. The Bertz CT molecular complexity index is 292. The number of aliphatic imine (C=N–C) groups is 1. The molecular weight excluding hydrogens is 264 g/mol. The van der Waals surface area contributed by atoms with Crippen molar-refractivity contribution in [2.24, 2.45) is 16.3 Å². The van der Waals surface area contributed by atoms with Gasteiger partial charge in [0.1, 0.15) is 0 Å². The smallest absolute Gasteiger partial charge is 0.156 e. The molecule has 0 saturated carbocycles. The van der Waals surface area contributed by atoms with Crippen LogP contribution in [0.5, 0.6) is 0 Å². The molecule has 0 aromatic heterocycles. The fourth-order valence-electron chi connectivity index (χ4n) is 2.53. The molecule has 0 aromatic carbocycles. The van der Waals surface area contributed by atoms with Gasteiger partial charge in [0.25, 0.3) is 0 Å². The van der Waals surface area contributed by atoms with Crippen LogP contribution in [0.2, 0.25) is 0 Å². The standard InChI is InChI=1S/C17H34N2S/c1-14(2)10-8-6-7-9-11-18-16-19-13-15(20-16)12-17(3,4)5/h14-15H,6-13H2,1-5H3,(H,18,19). The Morgan fingerprint density at radius 3 is 2.55 bits per heavy atom. The van der Waals surface area contributed by atoms with Gasteiger partial charge in [-0.15, -0.1) is 0 Å². The van der Waals surface area contributed by atoms with Gasteiger partial charge in [-0.3, -0.25) is 4.99 Å². The van der Waals surface area contributed by atoms with Crippen LogP contribution < -0.4 is 5.32 Å². The molecule has 0 aromatic rings. The van der Waals surface area contributed by atoms with Gasteiger partial charge in [0.2, 0.25) is 0 Å². The van der Waals surface area contributed by atoms with Crippen LogP contribution in [0.25, 0.3) is 0 Å². The predicted molar refractivity (Wildman–Crippen MR) is 93.7 cm³/mol. The molecule has 1 N–H and O–H groups in total. The number of thioether (sulfide) groups is 1. The molecule has 1 unspecified atom stereocenters. The third-order valence-corrected chi connectivity index (χ3v) is 4.69. The molecule has 1 aliphatic heterocycles. The molecule has 118 valence electrons. The first kappa shape index (κ1) is 17.9. The summed E-state index contributed by atoms with van der Waals surface area (Å²) in [5, 5.41) is 5.38. The van der Waals surface area contributed by atoms with Crippen molar-refractivity contribution in [3.8, 4) is 0 Å². The molecule has 1 atom stereocenters. The molecule has 0 saturated heterocycles. The van der Waals surface area contributed by atoms with E-state index in [1.54, 1.807) is 0 Å². The second-order valence-corrected chi connectivity index (χ2v) is 8.96. The molecule has 0 aliphatic carbocycles. The Morgan fingerprint density at radius 1 is 1.20 bits per heavy atom. The summed E-state index contributed by atoms with van der Waals surface area (Å²) in [7, 11) is 0. The van der Waals surface area contributed by atoms with Gasteiger partial charge >= 0.3 is 0 Å². The van der Waals surface area contributed by atoms with Crippen molar-refractivity contribution in [1.82, 2.24) is 5.32 Å². The maximum Gasteiger partial charge on any atom is 0.156 e. The molecule has 0 spiro atoms. The zero-order valence-electron chi connectivity index (χ0n) is 14.2. The monoisotopic (exact) mass is 298 g/mol. The number of unbranched alkanes of at least 4 members (excludes halogenated alkanes) is 3. The molecule has 2 nitrogen and oxygen atoms in total. The van der Waals surface area contributed by atoms with Crippen molar-refractivity contribution in [1.29, 1.82) is 0 Å². The largest absolute Gasteiger partial charge is 0.365 e. The van der Waals surface area contributed by atoms with Crippen LogP contribution in [0, 0.1) is 11.3 Å². The highest BCUT2D eigenvalue weighted by atomic mass is 32.2. The van der Waals surface area contributed by atoms with E-state index in [9.17, 15) is 0 Å². The Labute approximate surface area is 130 Å². The molecule has 1 rings (SSSR count). The van der Waals surface area contributed by atoms with Crippen LogP contribution in [-0.2, 0) is 0 Å². The summed E-state index contributed by atoms with van der Waals surface area (Å²) in [6.45, 7) is 13.7. The lowest BCUT2D eigenvalue weighted by atomic mass is 9.90. The van der Waals surface area contributed by atoms with Crippen LogP contribution in [-0.4, -0.2) is 23.5 Å². The fraction of sp³-hybridized carbons (Fsp3) is 0.941. The lowest BCUT2D eigenvalue weighted by Gasteiger charge is -2.21. The summed E-state index contributed by atoms with van der Waals surface area (Å²) in [4.78, 5) is 4.63. The third-order valence-electron chi connectivity index (χ3n) is 3.54. The number of amidine groups is 1. The van der Waals surface area contributed by atoms with Gasteiger partial charge in [0, 0.05) is 11.8 Å². The highest BCUT2D eigenvalue weighted by molar-refractivity contribution is 8.14. The Hall–Kier alpha value is -0.180. The van der Waals surface area contributed by atoms with E-state index in [-0.39, 0.29) is 0 Å². The van der Waals surface area contributed by atoms with Crippen molar-refractivity contribution >= 4 is 16.9 Å². The first-order valence-corrected chi connectivity index (χ1v) is 9.20. The van der Waals surface area contributed by atoms with Crippen molar-refractivity contribution in [3.05, 3.63) is 0 Å². The van der Waals surface area contributed by atoms with Crippen molar-refractivity contribution in [3.63, 3.8) is 0 Å². The Balaban J connectivity index is 1.99. The van der Waals surface area contributed by atoms with Crippen LogP contribution in [0.4, 0.5) is 0 Å². The molecule has 0 bridgehead atoms. The molecule has 3 heteroatoms. The minimum absolute atomic E-state index is 0.416. The van der Waals surface area contributed by atoms with E-state index < -0.39 is 0 Å². The highest BCUT2D eigenvalue weighted by Gasteiger charge is 2.24. The van der Waals surface area contributed by atoms with Crippen LogP contribution in [0.1, 0.15) is 73.1 Å². The van der Waals surface area contributed by atoms with Gasteiger partial charge in [0.05, 0.1) is 6.54 Å².